The molecule has 1 saturated heterocycles. The molecule has 1 aromatic rings. The largest absolute Gasteiger partial charge is 0.473 e. The second kappa shape index (κ2) is 14.8. The third-order valence-corrected chi connectivity index (χ3v) is 5.58. The number of likely N-dealkylation sites (tertiary alicyclic amines) is 1. The Balaban J connectivity index is 1.53. The van der Waals surface area contributed by atoms with Gasteiger partial charge in [0.25, 0.3) is 0 Å². The number of thioether (sulfide) groups is 1. The second-order valence-electron chi connectivity index (χ2n) is 7.17. The number of nitrogens with zero attached hydrogens (tertiary/aromatic N) is 2. The molecule has 0 saturated carbocycles. The highest BCUT2D eigenvalue weighted by molar-refractivity contribution is 7.99. The molecule has 0 atom stereocenters. The molecule has 0 aromatic carbocycles. The predicted octanol–water partition coefficient (Wildman–Crippen LogP) is 2.81. The van der Waals surface area contributed by atoms with E-state index in [1.54, 1.807) is 6.20 Å². The quantitative estimate of drug-likeness (QED) is 0.290. The van der Waals surface area contributed by atoms with E-state index in [9.17, 15) is 9.59 Å². The number of hydrogen-bond acceptors (Lipinski definition) is 7. The summed E-state index contributed by atoms with van der Waals surface area (Å²) in [4.78, 5) is 29.1. The first kappa shape index (κ1) is 24.2. The average Bonchev–Trinajstić information content (AvgIpc) is 2.74. The third-order valence-electron chi connectivity index (χ3n) is 4.54. The van der Waals surface area contributed by atoms with Crippen molar-refractivity contribution in [3.05, 3.63) is 36.0 Å². The predicted molar refractivity (Wildman–Crippen MR) is 120 cm³/mol. The number of hydrogen-bond donors (Lipinski definition) is 1. The van der Waals surface area contributed by atoms with Crippen LogP contribution < -0.4 is 10.1 Å². The summed E-state index contributed by atoms with van der Waals surface area (Å²) in [6.45, 7) is 5.97. The highest BCUT2D eigenvalue weighted by Gasteiger charge is 2.10. The van der Waals surface area contributed by atoms with Crippen LogP contribution in [0.25, 0.3) is 0 Å². The molecule has 1 amide bonds. The number of carbonyl (C=O) groups is 2. The number of rotatable bonds is 13. The van der Waals surface area contributed by atoms with Crippen LogP contribution in [0.4, 0.5) is 0 Å². The van der Waals surface area contributed by atoms with Crippen molar-refractivity contribution >= 4 is 23.6 Å². The molecule has 1 aliphatic rings. The van der Waals surface area contributed by atoms with Crippen LogP contribution in [-0.4, -0.2) is 66.1 Å². The first-order valence-electron chi connectivity index (χ1n) is 10.6. The summed E-state index contributed by atoms with van der Waals surface area (Å²) < 4.78 is 10.5. The normalized spacial score (nSPS) is 14.6. The van der Waals surface area contributed by atoms with E-state index in [0.717, 1.165) is 18.7 Å². The van der Waals surface area contributed by atoms with Crippen LogP contribution in [0.2, 0.25) is 0 Å². The van der Waals surface area contributed by atoms with Crippen molar-refractivity contribution in [2.75, 3.05) is 44.4 Å². The van der Waals surface area contributed by atoms with Gasteiger partial charge in [-0.05, 0) is 55.8 Å². The first-order valence-corrected chi connectivity index (χ1v) is 11.7. The molecule has 1 aromatic heterocycles. The zero-order valence-electron chi connectivity index (χ0n) is 17.8. The number of pyridine rings is 1. The maximum atomic E-state index is 11.7. The summed E-state index contributed by atoms with van der Waals surface area (Å²) in [5.74, 6) is 1.54. The number of piperidine rings is 1. The van der Waals surface area contributed by atoms with Gasteiger partial charge in [-0.1, -0.05) is 12.5 Å². The van der Waals surface area contributed by atoms with Crippen LogP contribution in [0.1, 0.15) is 38.2 Å². The van der Waals surface area contributed by atoms with Gasteiger partial charge in [-0.25, -0.2) is 4.98 Å². The average molecular weight is 436 g/mol. The minimum Gasteiger partial charge on any atom is -0.473 e. The Kier molecular flexibility index (Phi) is 12.0. The fourth-order valence-electron chi connectivity index (χ4n) is 3.05. The summed E-state index contributed by atoms with van der Waals surface area (Å²) in [5.41, 5.74) is 1.23. The lowest BCUT2D eigenvalue weighted by Gasteiger charge is -2.26. The standard InChI is InChI=1S/C22H33N3O4S/c1-19(26)28-14-7-15-30-18-21(27)23-9-3-6-13-29-22-16-20(8-10-24-22)17-25-11-4-2-5-12-25/h3,6,8,10,16H,2,4-5,7,9,11-15,17-18H2,1H3,(H,23,27). The molecular formula is C22H33N3O4S. The van der Waals surface area contributed by atoms with Gasteiger partial charge in [0.1, 0.15) is 6.61 Å². The fourth-order valence-corrected chi connectivity index (χ4v) is 3.81. The molecular weight excluding hydrogens is 402 g/mol. The molecule has 1 fully saturated rings. The monoisotopic (exact) mass is 435 g/mol. The van der Waals surface area contributed by atoms with Crippen molar-refractivity contribution in [1.29, 1.82) is 0 Å². The molecule has 1 N–H and O–H groups in total. The molecule has 1 aliphatic heterocycles. The van der Waals surface area contributed by atoms with E-state index in [0.29, 0.717) is 31.4 Å². The zero-order valence-corrected chi connectivity index (χ0v) is 18.6. The number of amides is 1. The fraction of sp³-hybridized carbons (Fsp3) is 0.591. The third kappa shape index (κ3) is 11.2. The number of nitrogens with one attached hydrogen (secondary N) is 1. The number of ether oxygens (including phenoxy) is 2. The maximum absolute atomic E-state index is 11.7. The summed E-state index contributed by atoms with van der Waals surface area (Å²) in [5, 5.41) is 2.84. The highest BCUT2D eigenvalue weighted by atomic mass is 32.2. The second-order valence-corrected chi connectivity index (χ2v) is 8.28. The number of carbonyl (C=O) groups excluding carboxylic acids is 2. The number of aromatic nitrogens is 1. The molecule has 2 rings (SSSR count). The minimum atomic E-state index is -0.269. The Hall–Kier alpha value is -2.06. The molecule has 0 radical (unpaired) electrons. The van der Waals surface area contributed by atoms with E-state index in [4.69, 9.17) is 9.47 Å². The van der Waals surface area contributed by atoms with Gasteiger partial charge in [-0.2, -0.15) is 11.8 Å². The van der Waals surface area contributed by atoms with Gasteiger partial charge in [0.05, 0.1) is 12.4 Å². The zero-order chi connectivity index (χ0) is 21.4. The highest BCUT2D eigenvalue weighted by Crippen LogP contribution is 2.15. The Bertz CT molecular complexity index is 678. The van der Waals surface area contributed by atoms with Crippen molar-refractivity contribution in [3.63, 3.8) is 0 Å². The SMILES string of the molecule is CC(=O)OCCCSCC(=O)NCC=CCOc1cc(CN2CCCCC2)ccn1. The van der Waals surface area contributed by atoms with Crippen molar-refractivity contribution in [1.82, 2.24) is 15.2 Å². The molecule has 7 nitrogen and oxygen atoms in total. The molecule has 30 heavy (non-hydrogen) atoms. The summed E-state index contributed by atoms with van der Waals surface area (Å²) >= 11 is 1.53. The van der Waals surface area contributed by atoms with Gasteiger partial charge in [0.2, 0.25) is 11.8 Å². The molecule has 2 heterocycles. The van der Waals surface area contributed by atoms with E-state index < -0.39 is 0 Å². The first-order chi connectivity index (χ1) is 14.6. The van der Waals surface area contributed by atoms with Crippen LogP contribution in [0.15, 0.2) is 30.5 Å². The maximum Gasteiger partial charge on any atom is 0.302 e. The van der Waals surface area contributed by atoms with Crippen LogP contribution in [0.3, 0.4) is 0 Å². The van der Waals surface area contributed by atoms with Gasteiger partial charge < -0.3 is 14.8 Å². The Morgan fingerprint density at radius 2 is 2.10 bits per heavy atom. The number of esters is 1. The minimum absolute atomic E-state index is 0.00913. The molecule has 166 valence electrons. The lowest BCUT2D eigenvalue weighted by molar-refractivity contribution is -0.140. The van der Waals surface area contributed by atoms with E-state index >= 15 is 0 Å². The summed E-state index contributed by atoms with van der Waals surface area (Å²) in [6.07, 6.45) is 10.2. The summed E-state index contributed by atoms with van der Waals surface area (Å²) in [6, 6.07) is 4.05. The van der Waals surface area contributed by atoms with Crippen molar-refractivity contribution < 1.29 is 19.1 Å². The lowest BCUT2D eigenvalue weighted by atomic mass is 10.1. The Morgan fingerprint density at radius 1 is 1.27 bits per heavy atom. The van der Waals surface area contributed by atoms with Gasteiger partial charge in [-0.3, -0.25) is 14.5 Å². The topological polar surface area (TPSA) is 80.8 Å². The van der Waals surface area contributed by atoms with E-state index in [1.807, 2.05) is 24.3 Å². The molecule has 0 spiro atoms. The molecule has 0 unspecified atom stereocenters. The Labute approximate surface area is 183 Å². The van der Waals surface area contributed by atoms with Crippen molar-refractivity contribution in [2.45, 2.75) is 39.2 Å². The van der Waals surface area contributed by atoms with Crippen LogP contribution in [-0.2, 0) is 20.9 Å². The van der Waals surface area contributed by atoms with E-state index in [-0.39, 0.29) is 11.9 Å². The molecule has 0 bridgehead atoms. The van der Waals surface area contributed by atoms with Gasteiger partial charge in [0, 0.05) is 32.3 Å². The van der Waals surface area contributed by atoms with Gasteiger partial charge in [-0.15, -0.1) is 0 Å². The van der Waals surface area contributed by atoms with E-state index in [1.165, 1.54) is 56.6 Å². The van der Waals surface area contributed by atoms with Crippen molar-refractivity contribution in [2.24, 2.45) is 0 Å². The van der Waals surface area contributed by atoms with Gasteiger partial charge in [0.15, 0.2) is 0 Å². The van der Waals surface area contributed by atoms with Crippen LogP contribution in [0.5, 0.6) is 5.88 Å². The molecule has 0 aliphatic carbocycles. The van der Waals surface area contributed by atoms with Gasteiger partial charge >= 0.3 is 5.97 Å². The smallest absolute Gasteiger partial charge is 0.302 e. The van der Waals surface area contributed by atoms with Crippen molar-refractivity contribution in [3.8, 4) is 5.88 Å². The summed E-state index contributed by atoms with van der Waals surface area (Å²) in [7, 11) is 0. The van der Waals surface area contributed by atoms with E-state index in [2.05, 4.69) is 15.2 Å². The van der Waals surface area contributed by atoms with Crippen LogP contribution >= 0.6 is 11.8 Å². The lowest BCUT2D eigenvalue weighted by Crippen LogP contribution is -2.29. The molecule has 8 heteroatoms. The Morgan fingerprint density at radius 3 is 2.90 bits per heavy atom. The van der Waals surface area contributed by atoms with Crippen LogP contribution in [0, 0.1) is 0 Å².